The molecule has 2 N–H and O–H groups in total. The van der Waals surface area contributed by atoms with E-state index in [0.717, 1.165) is 15.8 Å². The van der Waals surface area contributed by atoms with E-state index in [2.05, 4.69) is 68.6 Å². The molecule has 0 bridgehead atoms. The Morgan fingerprint density at radius 1 is 0.880 bits per heavy atom. The number of hydrogen-bond acceptors (Lipinski definition) is 5. The molecule has 0 atom stereocenters. The number of para-hydroxylation sites is 2. The minimum Gasteiger partial charge on any atom is -0.339 e. The van der Waals surface area contributed by atoms with Crippen LogP contribution in [-0.2, 0) is 5.41 Å². The Balaban J connectivity index is 1.85. The first-order chi connectivity index (χ1) is 11.9. The van der Waals surface area contributed by atoms with Gasteiger partial charge in [0.05, 0.1) is 11.9 Å². The van der Waals surface area contributed by atoms with E-state index in [0.29, 0.717) is 11.8 Å². The second-order valence-electron chi connectivity index (χ2n) is 6.69. The van der Waals surface area contributed by atoms with Gasteiger partial charge < -0.3 is 10.6 Å². The van der Waals surface area contributed by atoms with Crippen LogP contribution in [0.15, 0.2) is 59.2 Å². The molecule has 3 aromatic rings. The topological polar surface area (TPSA) is 62.7 Å². The maximum atomic E-state index is 4.51. The number of hydrogen-bond donors (Lipinski definition) is 2. The monoisotopic (exact) mass is 397 g/mol. The average Bonchev–Trinajstić information content (AvgIpc) is 2.57. The van der Waals surface area contributed by atoms with Gasteiger partial charge in [0.2, 0.25) is 5.95 Å². The first-order valence-electron chi connectivity index (χ1n) is 8.01. The van der Waals surface area contributed by atoms with Crippen LogP contribution >= 0.6 is 15.9 Å². The second kappa shape index (κ2) is 7.19. The largest absolute Gasteiger partial charge is 0.339 e. The Morgan fingerprint density at radius 2 is 1.56 bits per heavy atom. The Hall–Kier alpha value is -2.47. The fourth-order valence-corrected chi connectivity index (χ4v) is 2.87. The molecule has 0 unspecified atom stereocenters. The van der Waals surface area contributed by atoms with Crippen LogP contribution in [0.25, 0.3) is 0 Å². The molecule has 0 spiro atoms. The van der Waals surface area contributed by atoms with Crippen LogP contribution in [0.2, 0.25) is 0 Å². The second-order valence-corrected chi connectivity index (χ2v) is 7.54. The van der Waals surface area contributed by atoms with E-state index in [1.54, 1.807) is 6.20 Å². The lowest BCUT2D eigenvalue weighted by Gasteiger charge is -2.23. The minimum absolute atomic E-state index is 0.0278. The lowest BCUT2D eigenvalue weighted by atomic mass is 9.86. The smallest absolute Gasteiger partial charge is 0.249 e. The van der Waals surface area contributed by atoms with Gasteiger partial charge in [0.15, 0.2) is 5.82 Å². The maximum Gasteiger partial charge on any atom is 0.249 e. The summed E-state index contributed by atoms with van der Waals surface area (Å²) in [5.41, 5.74) is 3.15. The van der Waals surface area contributed by atoms with E-state index >= 15 is 0 Å². The molecule has 0 aliphatic heterocycles. The van der Waals surface area contributed by atoms with Crippen molar-refractivity contribution in [2.24, 2.45) is 0 Å². The predicted molar refractivity (Wildman–Crippen MR) is 106 cm³/mol. The summed E-state index contributed by atoms with van der Waals surface area (Å²) in [6.07, 6.45) is 1.62. The van der Waals surface area contributed by atoms with E-state index in [4.69, 9.17) is 0 Å². The van der Waals surface area contributed by atoms with Gasteiger partial charge in [-0.05, 0) is 45.1 Å². The summed E-state index contributed by atoms with van der Waals surface area (Å²) in [6, 6.07) is 16.0. The van der Waals surface area contributed by atoms with Crippen LogP contribution in [0.1, 0.15) is 26.3 Å². The molecule has 0 fully saturated rings. The fourth-order valence-electron chi connectivity index (χ4n) is 2.48. The molecular weight excluding hydrogens is 378 g/mol. The molecule has 5 nitrogen and oxygen atoms in total. The van der Waals surface area contributed by atoms with Crippen LogP contribution in [0.4, 0.5) is 23.1 Å². The zero-order valence-electron chi connectivity index (χ0n) is 14.4. The highest BCUT2D eigenvalue weighted by Gasteiger charge is 2.17. The highest BCUT2D eigenvalue weighted by Crippen LogP contribution is 2.31. The van der Waals surface area contributed by atoms with Gasteiger partial charge in [0.25, 0.3) is 0 Å². The average molecular weight is 398 g/mol. The summed E-state index contributed by atoms with van der Waals surface area (Å²) in [7, 11) is 0. The SMILES string of the molecule is CC(C)(C)c1ccccc1Nc1cnnc(Nc2ccccc2Br)n1. The van der Waals surface area contributed by atoms with Crippen LogP contribution in [0.3, 0.4) is 0 Å². The van der Waals surface area contributed by atoms with Crippen LogP contribution in [0.5, 0.6) is 0 Å². The third-order valence-electron chi connectivity index (χ3n) is 3.68. The molecular formula is C19H20BrN5. The molecule has 0 radical (unpaired) electrons. The summed E-state index contributed by atoms with van der Waals surface area (Å²) in [4.78, 5) is 4.51. The van der Waals surface area contributed by atoms with E-state index in [-0.39, 0.29) is 5.41 Å². The van der Waals surface area contributed by atoms with Gasteiger partial charge in [0, 0.05) is 10.2 Å². The van der Waals surface area contributed by atoms with Crippen LogP contribution in [0, 0.1) is 0 Å². The van der Waals surface area contributed by atoms with Gasteiger partial charge in [-0.15, -0.1) is 5.10 Å². The molecule has 1 aromatic heterocycles. The number of benzene rings is 2. The quantitative estimate of drug-likeness (QED) is 0.615. The third kappa shape index (κ3) is 4.33. The molecule has 3 rings (SSSR count). The van der Waals surface area contributed by atoms with Crippen LogP contribution in [-0.4, -0.2) is 15.2 Å². The van der Waals surface area contributed by atoms with Gasteiger partial charge in [0.1, 0.15) is 0 Å². The van der Waals surface area contributed by atoms with Crippen molar-refractivity contribution in [3.63, 3.8) is 0 Å². The predicted octanol–water partition coefficient (Wildman–Crippen LogP) is 5.42. The van der Waals surface area contributed by atoms with Crippen molar-refractivity contribution in [2.45, 2.75) is 26.2 Å². The Labute approximate surface area is 156 Å². The number of nitrogens with one attached hydrogen (secondary N) is 2. The van der Waals surface area contributed by atoms with E-state index < -0.39 is 0 Å². The first-order valence-corrected chi connectivity index (χ1v) is 8.80. The standard InChI is InChI=1S/C19H20BrN5/c1-19(2,3)13-8-4-6-10-15(13)22-17-12-21-25-18(24-17)23-16-11-7-5-9-14(16)20/h4-12H,1-3H3,(H2,22,23,24,25). The lowest BCUT2D eigenvalue weighted by molar-refractivity contribution is 0.592. The van der Waals surface area contributed by atoms with E-state index in [9.17, 15) is 0 Å². The molecule has 0 amide bonds. The first kappa shape index (κ1) is 17.4. The van der Waals surface area contributed by atoms with Crippen molar-refractivity contribution < 1.29 is 0 Å². The zero-order chi connectivity index (χ0) is 17.9. The third-order valence-corrected chi connectivity index (χ3v) is 4.37. The fraction of sp³-hybridized carbons (Fsp3) is 0.211. The molecule has 128 valence electrons. The maximum absolute atomic E-state index is 4.51. The number of aromatic nitrogens is 3. The summed E-state index contributed by atoms with van der Waals surface area (Å²) >= 11 is 3.50. The highest BCUT2D eigenvalue weighted by atomic mass is 79.9. The Morgan fingerprint density at radius 3 is 2.28 bits per heavy atom. The summed E-state index contributed by atoms with van der Waals surface area (Å²) in [5, 5.41) is 14.6. The molecule has 0 saturated carbocycles. The Kier molecular flexibility index (Phi) is 4.99. The van der Waals surface area contributed by atoms with Gasteiger partial charge in [-0.1, -0.05) is 51.1 Å². The molecule has 25 heavy (non-hydrogen) atoms. The summed E-state index contributed by atoms with van der Waals surface area (Å²) in [5.74, 6) is 1.08. The van der Waals surface area contributed by atoms with Gasteiger partial charge in [-0.25, -0.2) is 0 Å². The van der Waals surface area contributed by atoms with Gasteiger partial charge >= 0.3 is 0 Å². The van der Waals surface area contributed by atoms with Crippen molar-refractivity contribution in [3.05, 3.63) is 64.8 Å². The van der Waals surface area contributed by atoms with Crippen molar-refractivity contribution >= 4 is 39.1 Å². The van der Waals surface area contributed by atoms with Crippen molar-refractivity contribution in [1.82, 2.24) is 15.2 Å². The number of rotatable bonds is 4. The normalized spacial score (nSPS) is 11.2. The van der Waals surface area contributed by atoms with E-state index in [1.807, 2.05) is 42.5 Å². The van der Waals surface area contributed by atoms with Gasteiger partial charge in [-0.3, -0.25) is 0 Å². The lowest BCUT2D eigenvalue weighted by Crippen LogP contribution is -2.14. The van der Waals surface area contributed by atoms with Crippen molar-refractivity contribution in [2.75, 3.05) is 10.6 Å². The molecule has 0 aliphatic carbocycles. The number of anilines is 4. The molecule has 6 heteroatoms. The van der Waals surface area contributed by atoms with E-state index in [1.165, 1.54) is 5.56 Å². The summed E-state index contributed by atoms with van der Waals surface area (Å²) in [6.45, 7) is 6.56. The number of halogens is 1. The van der Waals surface area contributed by atoms with Crippen LogP contribution < -0.4 is 10.6 Å². The van der Waals surface area contributed by atoms with Gasteiger partial charge in [-0.2, -0.15) is 10.1 Å². The molecule has 1 heterocycles. The van der Waals surface area contributed by atoms with Crippen molar-refractivity contribution in [1.29, 1.82) is 0 Å². The molecule has 2 aromatic carbocycles. The molecule has 0 saturated heterocycles. The number of nitrogens with zero attached hydrogens (tertiary/aromatic N) is 3. The summed E-state index contributed by atoms with van der Waals surface area (Å²) < 4.78 is 0.940. The zero-order valence-corrected chi connectivity index (χ0v) is 16.0. The van der Waals surface area contributed by atoms with Crippen molar-refractivity contribution in [3.8, 4) is 0 Å². The Bertz CT molecular complexity index is 873. The highest BCUT2D eigenvalue weighted by molar-refractivity contribution is 9.10. The minimum atomic E-state index is 0.0278. The molecule has 0 aliphatic rings.